The number of aliphatic hydroxyl groups is 1. The van der Waals surface area contributed by atoms with E-state index in [0.29, 0.717) is 13.1 Å². The van der Waals surface area contributed by atoms with E-state index >= 15 is 0 Å². The van der Waals surface area contributed by atoms with Gasteiger partial charge in [0.2, 0.25) is 0 Å². The summed E-state index contributed by atoms with van der Waals surface area (Å²) in [6, 6.07) is -0.184. The highest BCUT2D eigenvalue weighted by Crippen LogP contribution is 2.16. The molecule has 1 unspecified atom stereocenters. The number of carbonyl (C=O) groups excluding carboxylic acids is 1. The van der Waals surface area contributed by atoms with Crippen molar-refractivity contribution in [3.05, 3.63) is 15.6 Å². The minimum Gasteiger partial charge on any atom is -0.392 e. The molecule has 1 aromatic heterocycles. The van der Waals surface area contributed by atoms with Crippen molar-refractivity contribution in [2.75, 3.05) is 13.6 Å². The number of thiazole rings is 1. The van der Waals surface area contributed by atoms with E-state index in [0.717, 1.165) is 15.6 Å². The van der Waals surface area contributed by atoms with Gasteiger partial charge in [-0.1, -0.05) is 0 Å². The van der Waals surface area contributed by atoms with E-state index in [4.69, 9.17) is 0 Å². The summed E-state index contributed by atoms with van der Waals surface area (Å²) in [7, 11) is 1.66. The Morgan fingerprint density at radius 3 is 2.71 bits per heavy atom. The van der Waals surface area contributed by atoms with Crippen LogP contribution in [0, 0.1) is 13.8 Å². The third kappa shape index (κ3) is 4.32. The van der Waals surface area contributed by atoms with Gasteiger partial charge in [-0.05, 0) is 20.8 Å². The van der Waals surface area contributed by atoms with Gasteiger partial charge in [0.1, 0.15) is 0 Å². The lowest BCUT2D eigenvalue weighted by Crippen LogP contribution is -2.40. The Bertz CT molecular complexity index is 390. The first-order chi connectivity index (χ1) is 7.90. The molecule has 0 fully saturated rings. The van der Waals surface area contributed by atoms with Gasteiger partial charge in [-0.25, -0.2) is 9.78 Å². The topological polar surface area (TPSA) is 65.5 Å². The molecule has 0 spiro atoms. The van der Waals surface area contributed by atoms with Gasteiger partial charge in [0.15, 0.2) is 0 Å². The number of nitrogens with zero attached hydrogens (tertiary/aromatic N) is 2. The molecule has 0 radical (unpaired) electrons. The maximum Gasteiger partial charge on any atom is 0.317 e. The van der Waals surface area contributed by atoms with Crippen LogP contribution in [0.4, 0.5) is 4.79 Å². The minimum atomic E-state index is -0.516. The molecule has 17 heavy (non-hydrogen) atoms. The van der Waals surface area contributed by atoms with Gasteiger partial charge in [-0.3, -0.25) is 0 Å². The van der Waals surface area contributed by atoms with Gasteiger partial charge in [-0.2, -0.15) is 0 Å². The first-order valence-electron chi connectivity index (χ1n) is 5.50. The number of hydrogen-bond acceptors (Lipinski definition) is 4. The number of aryl methyl sites for hydroxylation is 2. The quantitative estimate of drug-likeness (QED) is 0.854. The lowest BCUT2D eigenvalue weighted by molar-refractivity contribution is 0.144. The molecule has 1 aromatic rings. The van der Waals surface area contributed by atoms with Crippen LogP contribution in [0.1, 0.15) is 22.5 Å². The highest BCUT2D eigenvalue weighted by Gasteiger charge is 2.11. The van der Waals surface area contributed by atoms with Crippen molar-refractivity contribution in [1.82, 2.24) is 15.2 Å². The number of nitrogens with one attached hydrogen (secondary N) is 1. The van der Waals surface area contributed by atoms with Gasteiger partial charge in [0, 0.05) is 18.5 Å². The van der Waals surface area contributed by atoms with Crippen LogP contribution in [0.3, 0.4) is 0 Å². The number of hydrogen-bond donors (Lipinski definition) is 2. The molecule has 2 amide bonds. The van der Waals surface area contributed by atoms with Crippen LogP contribution in [0.2, 0.25) is 0 Å². The van der Waals surface area contributed by atoms with E-state index in [9.17, 15) is 9.90 Å². The van der Waals surface area contributed by atoms with Gasteiger partial charge in [0.25, 0.3) is 0 Å². The van der Waals surface area contributed by atoms with Crippen molar-refractivity contribution < 1.29 is 9.90 Å². The van der Waals surface area contributed by atoms with Crippen LogP contribution >= 0.6 is 11.3 Å². The summed E-state index contributed by atoms with van der Waals surface area (Å²) in [5.74, 6) is 0. The summed E-state index contributed by atoms with van der Waals surface area (Å²) in [5, 5.41) is 13.0. The van der Waals surface area contributed by atoms with E-state index in [1.54, 1.807) is 25.3 Å². The number of amides is 2. The molecule has 0 saturated carbocycles. The molecule has 0 aliphatic carbocycles. The van der Waals surface area contributed by atoms with E-state index in [1.165, 1.54) is 4.90 Å². The third-order valence-corrected chi connectivity index (χ3v) is 3.36. The average molecular weight is 257 g/mol. The second kappa shape index (κ2) is 5.97. The molecule has 0 bridgehead atoms. The predicted molar refractivity (Wildman–Crippen MR) is 68.1 cm³/mol. The summed E-state index contributed by atoms with van der Waals surface area (Å²) in [6.45, 7) is 6.35. The van der Waals surface area contributed by atoms with Crippen LogP contribution in [-0.2, 0) is 6.54 Å². The van der Waals surface area contributed by atoms with E-state index in [2.05, 4.69) is 10.3 Å². The van der Waals surface area contributed by atoms with Crippen molar-refractivity contribution >= 4 is 17.4 Å². The number of aromatic nitrogens is 1. The molecular weight excluding hydrogens is 238 g/mol. The SMILES string of the molecule is Cc1nc(C)c(CNC(=O)N(C)CC(C)O)s1. The lowest BCUT2D eigenvalue weighted by atomic mass is 10.4. The highest BCUT2D eigenvalue weighted by molar-refractivity contribution is 7.11. The predicted octanol–water partition coefficient (Wildman–Crippen LogP) is 1.28. The molecule has 2 N–H and O–H groups in total. The molecule has 0 aliphatic heterocycles. The number of urea groups is 1. The number of rotatable bonds is 4. The molecule has 0 aliphatic rings. The van der Waals surface area contributed by atoms with E-state index in [1.807, 2.05) is 13.8 Å². The van der Waals surface area contributed by atoms with Crippen LogP contribution in [0.5, 0.6) is 0 Å². The Kier molecular flexibility index (Phi) is 4.89. The van der Waals surface area contributed by atoms with Crippen LogP contribution < -0.4 is 5.32 Å². The maximum absolute atomic E-state index is 11.7. The maximum atomic E-state index is 11.7. The zero-order chi connectivity index (χ0) is 13.0. The molecule has 1 rings (SSSR count). The monoisotopic (exact) mass is 257 g/mol. The lowest BCUT2D eigenvalue weighted by Gasteiger charge is -2.19. The van der Waals surface area contributed by atoms with Gasteiger partial charge >= 0.3 is 6.03 Å². The fourth-order valence-electron chi connectivity index (χ4n) is 1.51. The number of aliphatic hydroxyl groups excluding tert-OH is 1. The Morgan fingerprint density at radius 2 is 2.24 bits per heavy atom. The molecule has 6 heteroatoms. The number of carbonyl (C=O) groups is 1. The zero-order valence-corrected chi connectivity index (χ0v) is 11.5. The second-order valence-electron chi connectivity index (χ2n) is 4.13. The van der Waals surface area contributed by atoms with Crippen LogP contribution in [0.25, 0.3) is 0 Å². The Hall–Kier alpha value is -1.14. The third-order valence-electron chi connectivity index (χ3n) is 2.28. The minimum absolute atomic E-state index is 0.184. The molecular formula is C11H19N3O2S. The van der Waals surface area contributed by atoms with Gasteiger partial charge in [0.05, 0.1) is 23.4 Å². The van der Waals surface area contributed by atoms with Crippen LogP contribution in [-0.4, -0.2) is 40.7 Å². The molecule has 1 atom stereocenters. The first kappa shape index (κ1) is 13.9. The van der Waals surface area contributed by atoms with Gasteiger partial charge in [-0.15, -0.1) is 11.3 Å². The zero-order valence-electron chi connectivity index (χ0n) is 10.6. The molecule has 0 aromatic carbocycles. The molecule has 5 nitrogen and oxygen atoms in total. The molecule has 1 heterocycles. The fraction of sp³-hybridized carbons (Fsp3) is 0.636. The fourth-order valence-corrected chi connectivity index (χ4v) is 2.38. The van der Waals surface area contributed by atoms with Crippen molar-refractivity contribution in [2.45, 2.75) is 33.4 Å². The Morgan fingerprint density at radius 1 is 1.59 bits per heavy atom. The van der Waals surface area contributed by atoms with Crippen molar-refractivity contribution in [3.8, 4) is 0 Å². The van der Waals surface area contributed by atoms with Crippen molar-refractivity contribution in [3.63, 3.8) is 0 Å². The van der Waals surface area contributed by atoms with E-state index < -0.39 is 6.10 Å². The normalized spacial score (nSPS) is 12.3. The summed E-state index contributed by atoms with van der Waals surface area (Å²) in [5.41, 5.74) is 0.964. The summed E-state index contributed by atoms with van der Waals surface area (Å²) < 4.78 is 0. The van der Waals surface area contributed by atoms with Crippen LogP contribution in [0.15, 0.2) is 0 Å². The smallest absolute Gasteiger partial charge is 0.317 e. The largest absolute Gasteiger partial charge is 0.392 e. The Balaban J connectivity index is 2.45. The summed E-state index contributed by atoms with van der Waals surface area (Å²) in [4.78, 5) is 18.5. The summed E-state index contributed by atoms with van der Waals surface area (Å²) in [6.07, 6.45) is -0.516. The number of likely N-dealkylation sites (N-methyl/N-ethyl adjacent to an activating group) is 1. The van der Waals surface area contributed by atoms with Crippen molar-refractivity contribution in [1.29, 1.82) is 0 Å². The highest BCUT2D eigenvalue weighted by atomic mass is 32.1. The van der Waals surface area contributed by atoms with E-state index in [-0.39, 0.29) is 6.03 Å². The second-order valence-corrected chi connectivity index (χ2v) is 5.42. The average Bonchev–Trinajstić information content (AvgIpc) is 2.52. The Labute approximate surface area is 105 Å². The standard InChI is InChI=1S/C11H19N3O2S/c1-7(15)6-14(4)11(16)12-5-10-8(2)13-9(3)17-10/h7,15H,5-6H2,1-4H3,(H,12,16). The molecule has 0 saturated heterocycles. The van der Waals surface area contributed by atoms with Crippen molar-refractivity contribution in [2.24, 2.45) is 0 Å². The first-order valence-corrected chi connectivity index (χ1v) is 6.31. The summed E-state index contributed by atoms with van der Waals surface area (Å²) >= 11 is 1.59. The van der Waals surface area contributed by atoms with Gasteiger partial charge < -0.3 is 15.3 Å². The molecule has 96 valence electrons.